The molecular weight excluding hydrogens is 567 g/mol. The molecule has 0 amide bonds. The number of piperazine rings is 1. The van der Waals surface area contributed by atoms with Gasteiger partial charge in [0.05, 0.1) is 22.1 Å². The van der Waals surface area contributed by atoms with Crippen molar-refractivity contribution < 1.29 is 22.0 Å². The molecule has 38 heavy (non-hydrogen) atoms. The molecule has 3 aliphatic heterocycles. The minimum absolute atomic E-state index is 0.0733. The molecule has 2 aromatic carbocycles. The highest BCUT2D eigenvalue weighted by Gasteiger charge is 2.46. The Balaban J connectivity index is 1.72. The number of hydrogen-bond acceptors (Lipinski definition) is 6. The van der Waals surface area contributed by atoms with E-state index in [0.717, 1.165) is 35.4 Å². The maximum Gasteiger partial charge on any atom is 0.417 e. The number of aryl methyl sites for hydroxylation is 1. The minimum Gasteiger partial charge on any atom is -0.349 e. The zero-order valence-electron chi connectivity index (χ0n) is 20.1. The molecule has 1 unspecified atom stereocenters. The smallest absolute Gasteiger partial charge is 0.349 e. The second kappa shape index (κ2) is 9.28. The number of nitrogens with one attached hydrogen (secondary N) is 1. The number of hydrogen-bond donors (Lipinski definition) is 1. The molecule has 0 bridgehead atoms. The Bertz CT molecular complexity index is 1530. The summed E-state index contributed by atoms with van der Waals surface area (Å²) < 4.78 is 74.5. The summed E-state index contributed by atoms with van der Waals surface area (Å²) >= 11 is 8.77. The lowest BCUT2D eigenvalue weighted by atomic mass is 9.91. The molecule has 6 rings (SSSR count). The van der Waals surface area contributed by atoms with Crippen LogP contribution in [0.2, 0.25) is 5.02 Å². The van der Waals surface area contributed by atoms with E-state index in [1.54, 1.807) is 11.8 Å². The lowest BCUT2D eigenvalue weighted by Gasteiger charge is -2.45. The summed E-state index contributed by atoms with van der Waals surface area (Å²) in [4.78, 5) is 19.8. The van der Waals surface area contributed by atoms with E-state index in [1.165, 1.54) is 4.57 Å². The van der Waals surface area contributed by atoms with Crippen LogP contribution in [0.15, 0.2) is 27.9 Å². The van der Waals surface area contributed by atoms with E-state index in [4.69, 9.17) is 11.6 Å². The van der Waals surface area contributed by atoms with Gasteiger partial charge in [-0.3, -0.25) is 4.57 Å². The van der Waals surface area contributed by atoms with Gasteiger partial charge in [0.1, 0.15) is 17.5 Å². The SMILES string of the molecule is CC12CSC[C@H]1N(c1nc(=O)n3c4c(c(-c5cc(Cl)c(F)cc5F)c(C(F)(F)F)cc14)SCCC3)CCN2. The molecule has 13 heteroatoms. The van der Waals surface area contributed by atoms with Crippen molar-refractivity contribution in [2.24, 2.45) is 0 Å². The first-order chi connectivity index (χ1) is 18.0. The Morgan fingerprint density at radius 2 is 1.97 bits per heavy atom. The number of alkyl halides is 3. The van der Waals surface area contributed by atoms with Gasteiger partial charge < -0.3 is 10.2 Å². The average Bonchev–Trinajstić information content (AvgIpc) is 3.11. The van der Waals surface area contributed by atoms with E-state index >= 15 is 4.39 Å². The number of anilines is 1. The Kier molecular flexibility index (Phi) is 6.40. The molecule has 2 atom stereocenters. The van der Waals surface area contributed by atoms with E-state index in [9.17, 15) is 22.4 Å². The average molecular weight is 589 g/mol. The van der Waals surface area contributed by atoms with Gasteiger partial charge in [0.2, 0.25) is 0 Å². The number of rotatable bonds is 2. The first kappa shape index (κ1) is 26.2. The molecule has 2 saturated heterocycles. The van der Waals surface area contributed by atoms with Crippen molar-refractivity contribution in [1.82, 2.24) is 14.9 Å². The highest BCUT2D eigenvalue weighted by molar-refractivity contribution is 7.99. The summed E-state index contributed by atoms with van der Waals surface area (Å²) in [5.41, 5.74) is -2.54. The lowest BCUT2D eigenvalue weighted by molar-refractivity contribution is -0.137. The van der Waals surface area contributed by atoms with Crippen LogP contribution < -0.4 is 15.9 Å². The van der Waals surface area contributed by atoms with Gasteiger partial charge >= 0.3 is 11.9 Å². The van der Waals surface area contributed by atoms with Crippen molar-refractivity contribution in [3.05, 3.63) is 50.9 Å². The van der Waals surface area contributed by atoms with Crippen LogP contribution in [-0.2, 0) is 12.7 Å². The molecule has 0 radical (unpaired) electrons. The third-order valence-electron chi connectivity index (χ3n) is 7.50. The van der Waals surface area contributed by atoms with Crippen LogP contribution in [0, 0.1) is 11.6 Å². The first-order valence-corrected chi connectivity index (χ1v) is 14.6. The van der Waals surface area contributed by atoms with Gasteiger partial charge in [0.25, 0.3) is 0 Å². The highest BCUT2D eigenvalue weighted by Crippen LogP contribution is 2.49. The number of nitrogens with zero attached hydrogens (tertiary/aromatic N) is 3. The van der Waals surface area contributed by atoms with Crippen LogP contribution in [0.4, 0.5) is 27.8 Å². The second-order valence-electron chi connectivity index (χ2n) is 9.91. The van der Waals surface area contributed by atoms with Gasteiger partial charge in [-0.25, -0.2) is 13.6 Å². The van der Waals surface area contributed by atoms with E-state index in [2.05, 4.69) is 17.2 Å². The van der Waals surface area contributed by atoms with E-state index < -0.39 is 45.2 Å². The number of aromatic nitrogens is 2. The fourth-order valence-electron chi connectivity index (χ4n) is 5.70. The minimum atomic E-state index is -4.88. The molecule has 1 N–H and O–H groups in total. The third-order valence-corrected chi connectivity index (χ3v) is 10.3. The summed E-state index contributed by atoms with van der Waals surface area (Å²) in [7, 11) is 0. The van der Waals surface area contributed by atoms with Crippen molar-refractivity contribution in [3.8, 4) is 11.1 Å². The molecular formula is C25H22ClF5N4OS2. The zero-order chi connectivity index (χ0) is 27.0. The van der Waals surface area contributed by atoms with Crippen molar-refractivity contribution in [2.45, 2.75) is 42.5 Å². The molecule has 4 heterocycles. The molecule has 3 aromatic rings. The standard InChI is InChI=1S/C25H22ClF5N4OS2/c1-24-11-37-10-18(24)34(5-3-32-24)22-13-7-14(25(29,30)31)19(12-8-15(26)17(28)9-16(12)27)21-20(13)35(23(36)33-22)4-2-6-38-21/h7-9,18,32H,2-6,10-11H2,1H3/t18-,24?/m1/s1. The second-order valence-corrected chi connectivity index (χ2v) is 12.5. The summed E-state index contributed by atoms with van der Waals surface area (Å²) in [6.07, 6.45) is -4.37. The Morgan fingerprint density at radius 1 is 1.18 bits per heavy atom. The number of benzene rings is 2. The fourth-order valence-corrected chi connectivity index (χ4v) is 8.67. The third kappa shape index (κ3) is 4.10. The predicted octanol–water partition coefficient (Wildman–Crippen LogP) is 5.79. The van der Waals surface area contributed by atoms with Gasteiger partial charge in [0, 0.05) is 64.2 Å². The topological polar surface area (TPSA) is 50.2 Å². The summed E-state index contributed by atoms with van der Waals surface area (Å²) in [5.74, 6) is -0.0585. The summed E-state index contributed by atoms with van der Waals surface area (Å²) in [6.45, 7) is 3.40. The van der Waals surface area contributed by atoms with Gasteiger partial charge in [-0.05, 0) is 31.2 Å². The van der Waals surface area contributed by atoms with E-state index in [0.29, 0.717) is 31.3 Å². The molecule has 1 aromatic heterocycles. The van der Waals surface area contributed by atoms with Gasteiger partial charge in [0.15, 0.2) is 0 Å². The highest BCUT2D eigenvalue weighted by atomic mass is 35.5. The van der Waals surface area contributed by atoms with Gasteiger partial charge in [-0.2, -0.15) is 29.9 Å². The van der Waals surface area contributed by atoms with Crippen LogP contribution in [0.25, 0.3) is 22.0 Å². The quantitative estimate of drug-likeness (QED) is 0.302. The zero-order valence-corrected chi connectivity index (χ0v) is 22.5. The summed E-state index contributed by atoms with van der Waals surface area (Å²) in [6, 6.07) is 2.26. The van der Waals surface area contributed by atoms with Crippen LogP contribution >= 0.6 is 35.1 Å². The van der Waals surface area contributed by atoms with E-state index in [1.807, 2.05) is 4.90 Å². The Hall–Kier alpha value is -2.02. The van der Waals surface area contributed by atoms with Gasteiger partial charge in [-0.1, -0.05) is 11.6 Å². The van der Waals surface area contributed by atoms with Crippen molar-refractivity contribution in [3.63, 3.8) is 0 Å². The molecule has 5 nitrogen and oxygen atoms in total. The molecule has 0 saturated carbocycles. The molecule has 0 spiro atoms. The van der Waals surface area contributed by atoms with Crippen LogP contribution in [0.5, 0.6) is 0 Å². The fraction of sp³-hybridized carbons (Fsp3) is 0.440. The van der Waals surface area contributed by atoms with Crippen LogP contribution in [0.1, 0.15) is 18.9 Å². The monoisotopic (exact) mass is 588 g/mol. The van der Waals surface area contributed by atoms with Crippen molar-refractivity contribution in [1.29, 1.82) is 0 Å². The molecule has 202 valence electrons. The normalized spacial score (nSPS) is 23.6. The van der Waals surface area contributed by atoms with E-state index in [-0.39, 0.29) is 39.7 Å². The van der Waals surface area contributed by atoms with Crippen LogP contribution in [0.3, 0.4) is 0 Å². The largest absolute Gasteiger partial charge is 0.417 e. The maximum atomic E-state index is 15.1. The molecule has 2 fully saturated rings. The predicted molar refractivity (Wildman–Crippen MR) is 142 cm³/mol. The van der Waals surface area contributed by atoms with Crippen LogP contribution in [-0.4, -0.2) is 51.5 Å². The van der Waals surface area contributed by atoms with Crippen molar-refractivity contribution >= 4 is 51.8 Å². The summed E-state index contributed by atoms with van der Waals surface area (Å²) in [5, 5.41) is 3.22. The van der Waals surface area contributed by atoms with Gasteiger partial charge in [-0.15, -0.1) is 11.8 Å². The molecule has 0 aliphatic carbocycles. The van der Waals surface area contributed by atoms with Crippen molar-refractivity contribution in [2.75, 3.05) is 35.2 Å². The lowest BCUT2D eigenvalue weighted by Crippen LogP contribution is -2.65. The first-order valence-electron chi connectivity index (χ1n) is 12.1. The molecule has 3 aliphatic rings. The number of halogens is 6. The number of thioether (sulfide) groups is 2. The maximum absolute atomic E-state index is 15.1. The number of fused-ring (bicyclic) bond motifs is 1. The Morgan fingerprint density at radius 3 is 2.74 bits per heavy atom. The Labute approximate surface area is 228 Å².